The van der Waals surface area contributed by atoms with Gasteiger partial charge in [-0.25, -0.2) is 0 Å². The van der Waals surface area contributed by atoms with Gasteiger partial charge in [0, 0.05) is 5.02 Å². The Balaban J connectivity index is 2.46. The number of benzene rings is 2. The second-order valence-electron chi connectivity index (χ2n) is 4.77. The molecular formula is C16H17ClO. The fourth-order valence-electron chi connectivity index (χ4n) is 2.12. The van der Waals surface area contributed by atoms with Gasteiger partial charge in [0.05, 0.1) is 0 Å². The summed E-state index contributed by atoms with van der Waals surface area (Å²) in [4.78, 5) is 0. The molecule has 0 radical (unpaired) electrons. The summed E-state index contributed by atoms with van der Waals surface area (Å²) < 4.78 is 0. The average Bonchev–Trinajstić information content (AvgIpc) is 2.33. The number of aliphatic hydroxyl groups is 1. The van der Waals surface area contributed by atoms with Crippen molar-refractivity contribution in [1.29, 1.82) is 0 Å². The second-order valence-corrected chi connectivity index (χ2v) is 5.18. The highest BCUT2D eigenvalue weighted by Gasteiger charge is 2.14. The Morgan fingerprint density at radius 2 is 1.72 bits per heavy atom. The topological polar surface area (TPSA) is 20.2 Å². The van der Waals surface area contributed by atoms with E-state index in [9.17, 15) is 5.11 Å². The van der Waals surface area contributed by atoms with Crippen LogP contribution in [0.5, 0.6) is 0 Å². The van der Waals surface area contributed by atoms with Crippen molar-refractivity contribution in [3.05, 3.63) is 69.2 Å². The molecule has 2 heteroatoms. The summed E-state index contributed by atoms with van der Waals surface area (Å²) in [6, 6.07) is 11.8. The molecule has 0 amide bonds. The van der Waals surface area contributed by atoms with Crippen LogP contribution >= 0.6 is 11.6 Å². The summed E-state index contributed by atoms with van der Waals surface area (Å²) in [6.07, 6.45) is -0.596. The minimum Gasteiger partial charge on any atom is -0.384 e. The second kappa shape index (κ2) is 5.13. The van der Waals surface area contributed by atoms with E-state index in [1.807, 2.05) is 57.2 Å². The van der Waals surface area contributed by atoms with E-state index >= 15 is 0 Å². The minimum absolute atomic E-state index is 0.596. The molecule has 2 aromatic rings. The molecule has 1 unspecified atom stereocenters. The Morgan fingerprint density at radius 3 is 2.39 bits per heavy atom. The van der Waals surface area contributed by atoms with Gasteiger partial charge in [0.1, 0.15) is 6.10 Å². The van der Waals surface area contributed by atoms with Crippen LogP contribution in [0.3, 0.4) is 0 Å². The normalized spacial score (nSPS) is 12.5. The lowest BCUT2D eigenvalue weighted by Gasteiger charge is -2.16. The Bertz CT molecular complexity index is 575. The van der Waals surface area contributed by atoms with Gasteiger partial charge in [0.2, 0.25) is 0 Å². The molecule has 0 bridgehead atoms. The first-order chi connectivity index (χ1) is 8.49. The third kappa shape index (κ3) is 2.58. The zero-order valence-corrected chi connectivity index (χ0v) is 11.6. The van der Waals surface area contributed by atoms with E-state index in [1.165, 1.54) is 0 Å². The number of halogens is 1. The third-order valence-electron chi connectivity index (χ3n) is 3.20. The molecule has 0 heterocycles. The van der Waals surface area contributed by atoms with Crippen molar-refractivity contribution < 1.29 is 5.11 Å². The van der Waals surface area contributed by atoms with Gasteiger partial charge in [-0.15, -0.1) is 0 Å². The van der Waals surface area contributed by atoms with E-state index in [0.717, 1.165) is 32.8 Å². The maximum Gasteiger partial charge on any atom is 0.104 e. The predicted molar refractivity (Wildman–Crippen MR) is 76.2 cm³/mol. The summed E-state index contributed by atoms with van der Waals surface area (Å²) in [7, 11) is 0. The number of aliphatic hydroxyl groups excluding tert-OH is 1. The SMILES string of the molecule is Cc1cccc(C(O)c2cc(C)c(Cl)cc2C)c1. The van der Waals surface area contributed by atoms with E-state index in [0.29, 0.717) is 0 Å². The highest BCUT2D eigenvalue weighted by atomic mass is 35.5. The number of rotatable bonds is 2. The van der Waals surface area contributed by atoms with Crippen molar-refractivity contribution in [2.75, 3.05) is 0 Å². The van der Waals surface area contributed by atoms with Crippen molar-refractivity contribution in [3.8, 4) is 0 Å². The zero-order valence-electron chi connectivity index (χ0n) is 10.9. The molecule has 94 valence electrons. The van der Waals surface area contributed by atoms with Crippen LogP contribution in [-0.4, -0.2) is 5.11 Å². The maximum absolute atomic E-state index is 10.5. The predicted octanol–water partition coefficient (Wildman–Crippen LogP) is 4.35. The summed E-state index contributed by atoms with van der Waals surface area (Å²) >= 11 is 6.08. The molecule has 0 spiro atoms. The minimum atomic E-state index is -0.596. The monoisotopic (exact) mass is 260 g/mol. The van der Waals surface area contributed by atoms with E-state index in [-0.39, 0.29) is 0 Å². The molecule has 1 N–H and O–H groups in total. The van der Waals surface area contributed by atoms with Crippen LogP contribution < -0.4 is 0 Å². The van der Waals surface area contributed by atoms with Gasteiger partial charge in [-0.1, -0.05) is 47.5 Å². The highest BCUT2D eigenvalue weighted by molar-refractivity contribution is 6.31. The lowest BCUT2D eigenvalue weighted by Crippen LogP contribution is -2.03. The van der Waals surface area contributed by atoms with Crippen LogP contribution in [0.1, 0.15) is 33.9 Å². The van der Waals surface area contributed by atoms with Gasteiger partial charge in [-0.2, -0.15) is 0 Å². The zero-order chi connectivity index (χ0) is 13.3. The first kappa shape index (κ1) is 13.1. The largest absolute Gasteiger partial charge is 0.384 e. The van der Waals surface area contributed by atoms with Crippen LogP contribution in [0.15, 0.2) is 36.4 Å². The summed E-state index contributed by atoms with van der Waals surface area (Å²) in [5.41, 5.74) is 4.99. The van der Waals surface area contributed by atoms with Gasteiger partial charge >= 0.3 is 0 Å². The van der Waals surface area contributed by atoms with E-state index < -0.39 is 6.10 Å². The van der Waals surface area contributed by atoms with Crippen molar-refractivity contribution in [2.45, 2.75) is 26.9 Å². The average molecular weight is 261 g/mol. The quantitative estimate of drug-likeness (QED) is 0.851. The molecule has 2 rings (SSSR count). The maximum atomic E-state index is 10.5. The van der Waals surface area contributed by atoms with E-state index in [2.05, 4.69) is 0 Å². The van der Waals surface area contributed by atoms with Crippen LogP contribution in [0.25, 0.3) is 0 Å². The molecule has 0 fully saturated rings. The molecule has 2 aromatic carbocycles. The Labute approximate surface area is 113 Å². The van der Waals surface area contributed by atoms with Crippen LogP contribution in [0.4, 0.5) is 0 Å². The van der Waals surface area contributed by atoms with Gasteiger partial charge < -0.3 is 5.11 Å². The number of hydrogen-bond donors (Lipinski definition) is 1. The lowest BCUT2D eigenvalue weighted by molar-refractivity contribution is 0.219. The molecule has 0 aliphatic carbocycles. The van der Waals surface area contributed by atoms with Gasteiger partial charge in [0.15, 0.2) is 0 Å². The summed E-state index contributed by atoms with van der Waals surface area (Å²) in [5.74, 6) is 0. The van der Waals surface area contributed by atoms with Gasteiger partial charge in [-0.3, -0.25) is 0 Å². The molecule has 18 heavy (non-hydrogen) atoms. The molecule has 0 aliphatic heterocycles. The molecule has 0 aromatic heterocycles. The van der Waals surface area contributed by atoms with Crippen LogP contribution in [0, 0.1) is 20.8 Å². The standard InChI is InChI=1S/C16H17ClO/c1-10-5-4-6-13(7-10)16(18)14-8-12(3)15(17)9-11(14)2/h4-9,16,18H,1-3H3. The summed E-state index contributed by atoms with van der Waals surface area (Å²) in [5, 5.41) is 11.2. The molecular weight excluding hydrogens is 244 g/mol. The first-order valence-electron chi connectivity index (χ1n) is 6.00. The Hall–Kier alpha value is -1.31. The Morgan fingerprint density at radius 1 is 1.00 bits per heavy atom. The molecule has 0 saturated heterocycles. The van der Waals surface area contributed by atoms with Crippen molar-refractivity contribution in [2.24, 2.45) is 0 Å². The van der Waals surface area contributed by atoms with Crippen LogP contribution in [0.2, 0.25) is 5.02 Å². The van der Waals surface area contributed by atoms with Crippen LogP contribution in [-0.2, 0) is 0 Å². The molecule has 1 atom stereocenters. The van der Waals surface area contributed by atoms with Gasteiger partial charge in [0.25, 0.3) is 0 Å². The lowest BCUT2D eigenvalue weighted by atomic mass is 9.95. The molecule has 0 saturated carbocycles. The van der Waals surface area contributed by atoms with Crippen molar-refractivity contribution in [3.63, 3.8) is 0 Å². The first-order valence-corrected chi connectivity index (χ1v) is 6.38. The third-order valence-corrected chi connectivity index (χ3v) is 3.61. The summed E-state index contributed by atoms with van der Waals surface area (Å²) in [6.45, 7) is 5.95. The number of aryl methyl sites for hydroxylation is 3. The number of hydrogen-bond acceptors (Lipinski definition) is 1. The Kier molecular flexibility index (Phi) is 3.74. The van der Waals surface area contributed by atoms with Gasteiger partial charge in [-0.05, 0) is 49.1 Å². The smallest absolute Gasteiger partial charge is 0.104 e. The van der Waals surface area contributed by atoms with Crippen molar-refractivity contribution >= 4 is 11.6 Å². The fourth-order valence-corrected chi connectivity index (χ4v) is 2.34. The molecule has 1 nitrogen and oxygen atoms in total. The van der Waals surface area contributed by atoms with Crippen molar-refractivity contribution in [1.82, 2.24) is 0 Å². The highest BCUT2D eigenvalue weighted by Crippen LogP contribution is 2.29. The van der Waals surface area contributed by atoms with E-state index in [4.69, 9.17) is 11.6 Å². The van der Waals surface area contributed by atoms with E-state index in [1.54, 1.807) is 0 Å². The molecule has 0 aliphatic rings. The fraction of sp³-hybridized carbons (Fsp3) is 0.250.